The predicted octanol–water partition coefficient (Wildman–Crippen LogP) is 5.19. The van der Waals surface area contributed by atoms with Crippen molar-refractivity contribution in [3.05, 3.63) is 77.1 Å². The largest absolute Gasteiger partial charge is 0.468 e. The van der Waals surface area contributed by atoms with Crippen LogP contribution in [-0.2, 0) is 24.1 Å². The molecule has 0 aliphatic carbocycles. The first-order chi connectivity index (χ1) is 13.3. The van der Waals surface area contributed by atoms with Crippen molar-refractivity contribution >= 4 is 23.2 Å². The van der Waals surface area contributed by atoms with Crippen LogP contribution in [0.4, 0.5) is 18.9 Å². The van der Waals surface area contributed by atoms with E-state index in [1.54, 1.807) is 29.2 Å². The molecule has 28 heavy (non-hydrogen) atoms. The Labute approximate surface area is 163 Å². The van der Waals surface area contributed by atoms with E-state index in [0.29, 0.717) is 11.5 Å². The number of furan rings is 2. The molecule has 0 unspecified atom stereocenters. The number of rotatable bonds is 7. The van der Waals surface area contributed by atoms with E-state index >= 15 is 0 Å². The van der Waals surface area contributed by atoms with Crippen LogP contribution in [0, 0.1) is 0 Å². The Morgan fingerprint density at radius 3 is 2.11 bits per heavy atom. The number of benzene rings is 1. The molecule has 5 nitrogen and oxygen atoms in total. The summed E-state index contributed by atoms with van der Waals surface area (Å²) in [6, 6.07) is 10.2. The molecule has 9 heteroatoms. The van der Waals surface area contributed by atoms with Crippen LogP contribution in [0.25, 0.3) is 0 Å². The summed E-state index contributed by atoms with van der Waals surface area (Å²) in [5.41, 5.74) is -1.46. The molecule has 3 rings (SSSR count). The predicted molar refractivity (Wildman–Crippen MR) is 96.6 cm³/mol. The lowest BCUT2D eigenvalue weighted by Gasteiger charge is -2.21. The van der Waals surface area contributed by atoms with Crippen LogP contribution in [-0.4, -0.2) is 17.4 Å². The second kappa shape index (κ2) is 8.53. The monoisotopic (exact) mass is 412 g/mol. The lowest BCUT2D eigenvalue weighted by atomic mass is 10.1. The molecule has 0 aliphatic rings. The maximum absolute atomic E-state index is 13.2. The fraction of sp³-hybridized carbons (Fsp3) is 0.211. The normalized spacial score (nSPS) is 11.8. The van der Waals surface area contributed by atoms with Gasteiger partial charge in [0.1, 0.15) is 11.5 Å². The maximum Gasteiger partial charge on any atom is 0.418 e. The number of halogens is 4. The Kier molecular flexibility index (Phi) is 6.11. The number of nitrogens with one attached hydrogen (secondary N) is 1. The van der Waals surface area contributed by atoms with Gasteiger partial charge < -0.3 is 14.2 Å². The summed E-state index contributed by atoms with van der Waals surface area (Å²) < 4.78 is 50.2. The minimum Gasteiger partial charge on any atom is -0.468 e. The molecule has 3 aromatic rings. The van der Waals surface area contributed by atoms with E-state index in [2.05, 4.69) is 5.32 Å². The zero-order valence-corrected chi connectivity index (χ0v) is 15.3. The molecule has 1 N–H and O–H groups in total. The van der Waals surface area contributed by atoms with Gasteiger partial charge in [0.2, 0.25) is 5.91 Å². The first kappa shape index (κ1) is 20.0. The Bertz CT molecular complexity index is 873. The quantitative estimate of drug-likeness (QED) is 0.580. The van der Waals surface area contributed by atoms with E-state index in [1.165, 1.54) is 24.7 Å². The lowest BCUT2D eigenvalue weighted by Crippen LogP contribution is -2.33. The summed E-state index contributed by atoms with van der Waals surface area (Å²) in [6.45, 7) is 0.357. The number of alkyl halides is 3. The van der Waals surface area contributed by atoms with Crippen molar-refractivity contribution in [2.45, 2.75) is 19.3 Å². The molecule has 0 fully saturated rings. The first-order valence-corrected chi connectivity index (χ1v) is 8.63. The van der Waals surface area contributed by atoms with E-state index in [9.17, 15) is 18.0 Å². The molecule has 1 amide bonds. The number of carbonyl (C=O) groups excluding carboxylic acids is 1. The number of carbonyl (C=O) groups is 1. The minimum atomic E-state index is -4.64. The van der Waals surface area contributed by atoms with E-state index in [0.717, 1.165) is 6.07 Å². The van der Waals surface area contributed by atoms with Gasteiger partial charge in [-0.05, 0) is 36.4 Å². The SMILES string of the molecule is O=C(CN(Cc1ccco1)Cc1ccco1)Nc1c(Cl)cccc1C(F)(F)F. The molecule has 0 bridgehead atoms. The second-order valence-corrected chi connectivity index (χ2v) is 6.42. The van der Waals surface area contributed by atoms with Crippen LogP contribution >= 0.6 is 11.6 Å². The van der Waals surface area contributed by atoms with Gasteiger partial charge in [0.25, 0.3) is 0 Å². The van der Waals surface area contributed by atoms with Crippen molar-refractivity contribution in [3.8, 4) is 0 Å². The first-order valence-electron chi connectivity index (χ1n) is 8.25. The van der Waals surface area contributed by atoms with Crippen molar-refractivity contribution < 1.29 is 26.8 Å². The molecule has 1 aromatic carbocycles. The summed E-state index contributed by atoms with van der Waals surface area (Å²) in [7, 11) is 0. The van der Waals surface area contributed by atoms with Crippen molar-refractivity contribution in [2.75, 3.05) is 11.9 Å². The summed E-state index contributed by atoms with van der Waals surface area (Å²) in [4.78, 5) is 14.1. The van der Waals surface area contributed by atoms with Crippen LogP contribution in [0.3, 0.4) is 0 Å². The highest BCUT2D eigenvalue weighted by molar-refractivity contribution is 6.34. The molecular weight excluding hydrogens is 397 g/mol. The van der Waals surface area contributed by atoms with Crippen LogP contribution in [0.5, 0.6) is 0 Å². The van der Waals surface area contributed by atoms with Gasteiger partial charge in [-0.3, -0.25) is 9.69 Å². The summed E-state index contributed by atoms with van der Waals surface area (Å²) >= 11 is 5.89. The number of para-hydroxylation sites is 1. The molecule has 0 radical (unpaired) electrons. The topological polar surface area (TPSA) is 58.6 Å². The third-order valence-electron chi connectivity index (χ3n) is 3.87. The molecule has 0 aliphatic heterocycles. The number of anilines is 1. The summed E-state index contributed by atoms with van der Waals surface area (Å²) in [5.74, 6) is 0.567. The third kappa shape index (κ3) is 5.17. The Balaban J connectivity index is 1.75. The van der Waals surface area contributed by atoms with E-state index < -0.39 is 23.3 Å². The number of nitrogens with zero attached hydrogens (tertiary/aromatic N) is 1. The average molecular weight is 413 g/mol. The van der Waals surface area contributed by atoms with Gasteiger partial charge in [0.15, 0.2) is 0 Å². The summed E-state index contributed by atoms with van der Waals surface area (Å²) in [5, 5.41) is 2.09. The van der Waals surface area contributed by atoms with Crippen molar-refractivity contribution in [2.24, 2.45) is 0 Å². The van der Waals surface area contributed by atoms with Crippen LogP contribution in [0.1, 0.15) is 17.1 Å². The fourth-order valence-electron chi connectivity index (χ4n) is 2.68. The van der Waals surface area contributed by atoms with Gasteiger partial charge in [-0.15, -0.1) is 0 Å². The fourth-order valence-corrected chi connectivity index (χ4v) is 2.90. The van der Waals surface area contributed by atoms with Crippen molar-refractivity contribution in [3.63, 3.8) is 0 Å². The third-order valence-corrected chi connectivity index (χ3v) is 4.18. The smallest absolute Gasteiger partial charge is 0.418 e. The highest BCUT2D eigenvalue weighted by Crippen LogP contribution is 2.38. The average Bonchev–Trinajstić information content (AvgIpc) is 3.29. The summed E-state index contributed by atoms with van der Waals surface area (Å²) in [6.07, 6.45) is -1.64. The zero-order chi connectivity index (χ0) is 20.1. The second-order valence-electron chi connectivity index (χ2n) is 6.01. The van der Waals surface area contributed by atoms with E-state index in [-0.39, 0.29) is 24.7 Å². The van der Waals surface area contributed by atoms with Crippen LogP contribution < -0.4 is 5.32 Å². The molecule has 0 atom stereocenters. The molecule has 0 saturated carbocycles. The molecule has 0 saturated heterocycles. The van der Waals surface area contributed by atoms with Crippen LogP contribution in [0.15, 0.2) is 63.8 Å². The Morgan fingerprint density at radius 1 is 1.00 bits per heavy atom. The standard InChI is InChI=1S/C19H16ClF3N2O3/c20-16-7-1-6-15(19(21,22)23)18(16)24-17(26)12-25(10-13-4-2-8-27-13)11-14-5-3-9-28-14/h1-9H,10-12H2,(H,24,26). The number of hydrogen-bond donors (Lipinski definition) is 1. The lowest BCUT2D eigenvalue weighted by molar-refractivity contribution is -0.137. The highest BCUT2D eigenvalue weighted by atomic mass is 35.5. The van der Waals surface area contributed by atoms with Crippen molar-refractivity contribution in [1.82, 2.24) is 4.90 Å². The van der Waals surface area contributed by atoms with Crippen molar-refractivity contribution in [1.29, 1.82) is 0 Å². The van der Waals surface area contributed by atoms with Gasteiger partial charge in [-0.1, -0.05) is 17.7 Å². The Morgan fingerprint density at radius 2 is 1.61 bits per heavy atom. The molecule has 0 spiro atoms. The molecule has 148 valence electrons. The van der Waals surface area contributed by atoms with Gasteiger partial charge in [0.05, 0.1) is 48.4 Å². The van der Waals surface area contributed by atoms with Gasteiger partial charge in [0, 0.05) is 0 Å². The van der Waals surface area contributed by atoms with Gasteiger partial charge in [-0.2, -0.15) is 13.2 Å². The molecule has 2 aromatic heterocycles. The van der Waals surface area contributed by atoms with E-state index in [4.69, 9.17) is 20.4 Å². The molecular formula is C19H16ClF3N2O3. The molecule has 2 heterocycles. The Hall–Kier alpha value is -2.71. The maximum atomic E-state index is 13.2. The minimum absolute atomic E-state index is 0.188. The van der Waals surface area contributed by atoms with Gasteiger partial charge in [-0.25, -0.2) is 0 Å². The van der Waals surface area contributed by atoms with Crippen LogP contribution in [0.2, 0.25) is 5.02 Å². The van der Waals surface area contributed by atoms with E-state index in [1.807, 2.05) is 0 Å². The number of hydrogen-bond acceptors (Lipinski definition) is 4. The number of amides is 1. The van der Waals surface area contributed by atoms with Gasteiger partial charge >= 0.3 is 6.18 Å². The highest BCUT2D eigenvalue weighted by Gasteiger charge is 2.35. The zero-order valence-electron chi connectivity index (χ0n) is 14.5.